The van der Waals surface area contributed by atoms with Crippen molar-refractivity contribution in [1.82, 2.24) is 14.9 Å². The summed E-state index contributed by atoms with van der Waals surface area (Å²) in [6.07, 6.45) is 0.589. The Hall–Kier alpha value is -2.80. The van der Waals surface area contributed by atoms with E-state index in [0.717, 1.165) is 41.2 Å². The zero-order chi connectivity index (χ0) is 24.1. The van der Waals surface area contributed by atoms with Gasteiger partial charge in [0.15, 0.2) is 11.6 Å². The molecule has 0 unspecified atom stereocenters. The fourth-order valence-electron chi connectivity index (χ4n) is 3.78. The molecule has 7 heteroatoms. The van der Waals surface area contributed by atoms with Gasteiger partial charge in [0.25, 0.3) is 0 Å². The van der Waals surface area contributed by atoms with E-state index in [9.17, 15) is 0 Å². The van der Waals surface area contributed by atoms with Gasteiger partial charge < -0.3 is 18.9 Å². The summed E-state index contributed by atoms with van der Waals surface area (Å²) in [5, 5.41) is 0.680. The predicted octanol–water partition coefficient (Wildman–Crippen LogP) is 6.18. The first-order valence-corrected chi connectivity index (χ1v) is 12.0. The lowest BCUT2D eigenvalue weighted by Gasteiger charge is -2.15. The quantitative estimate of drug-likeness (QED) is 0.277. The molecule has 0 atom stereocenters. The van der Waals surface area contributed by atoms with Crippen LogP contribution in [-0.2, 0) is 17.7 Å². The Kier molecular flexibility index (Phi) is 7.93. The summed E-state index contributed by atoms with van der Waals surface area (Å²) in [6.45, 7) is 7.36. The van der Waals surface area contributed by atoms with Gasteiger partial charge in [0, 0.05) is 37.2 Å². The van der Waals surface area contributed by atoms with Crippen LogP contribution in [0.4, 0.5) is 0 Å². The number of hydrogen-bond acceptors (Lipinski definition) is 5. The van der Waals surface area contributed by atoms with E-state index in [1.807, 2.05) is 36.4 Å². The molecule has 4 rings (SSSR count). The minimum absolute atomic E-state index is 0.443. The number of likely N-dealkylation sites (N-methyl/N-ethyl adjacent to an activating group) is 1. The summed E-state index contributed by atoms with van der Waals surface area (Å²) in [6, 6.07) is 15.9. The minimum Gasteiger partial charge on any atom is -0.493 e. The molecule has 0 aliphatic carbocycles. The maximum absolute atomic E-state index is 6.25. The van der Waals surface area contributed by atoms with Gasteiger partial charge >= 0.3 is 0 Å². The molecule has 2 aromatic carbocycles. The molecule has 180 valence electrons. The van der Waals surface area contributed by atoms with E-state index in [2.05, 4.69) is 42.9 Å². The molecule has 0 bridgehead atoms. The topological polar surface area (TPSA) is 63.5 Å². The summed E-state index contributed by atoms with van der Waals surface area (Å²) >= 11 is 6.25. The summed E-state index contributed by atoms with van der Waals surface area (Å²) in [7, 11) is 3.81. The smallest absolute Gasteiger partial charge is 0.174 e. The SMILES string of the molecule is COCCN(C)Cc1ccc2nc(-c3ccc(Cc4cc(Cl)ccc4OCC(C)C)o3)[nH]c2c1. The van der Waals surface area contributed by atoms with E-state index in [-0.39, 0.29) is 0 Å². The summed E-state index contributed by atoms with van der Waals surface area (Å²) in [5.41, 5.74) is 4.12. The molecule has 0 fully saturated rings. The monoisotopic (exact) mass is 481 g/mol. The van der Waals surface area contributed by atoms with E-state index < -0.39 is 0 Å². The number of nitrogens with zero attached hydrogens (tertiary/aromatic N) is 2. The van der Waals surface area contributed by atoms with Crippen LogP contribution in [0.3, 0.4) is 0 Å². The van der Waals surface area contributed by atoms with Crippen LogP contribution >= 0.6 is 11.6 Å². The van der Waals surface area contributed by atoms with Gasteiger partial charge in [-0.3, -0.25) is 4.90 Å². The molecule has 4 aromatic rings. The number of aromatic amines is 1. The van der Waals surface area contributed by atoms with Crippen LogP contribution in [0, 0.1) is 5.92 Å². The number of methoxy groups -OCH3 is 1. The van der Waals surface area contributed by atoms with Crippen LogP contribution in [-0.4, -0.2) is 48.8 Å². The lowest BCUT2D eigenvalue weighted by molar-refractivity contribution is 0.158. The van der Waals surface area contributed by atoms with E-state index >= 15 is 0 Å². The molecule has 0 aliphatic heterocycles. The Morgan fingerprint density at radius 1 is 1.12 bits per heavy atom. The maximum Gasteiger partial charge on any atom is 0.174 e. The van der Waals surface area contributed by atoms with Crippen LogP contribution in [0.5, 0.6) is 5.75 Å². The van der Waals surface area contributed by atoms with Gasteiger partial charge in [-0.2, -0.15) is 0 Å². The zero-order valence-electron chi connectivity index (χ0n) is 20.2. The molecule has 0 aliphatic rings. The van der Waals surface area contributed by atoms with E-state index in [4.69, 9.17) is 30.5 Å². The molecular formula is C27H32ClN3O3. The van der Waals surface area contributed by atoms with Gasteiger partial charge in [0.05, 0.1) is 24.2 Å². The number of aromatic nitrogens is 2. The molecule has 0 amide bonds. The van der Waals surface area contributed by atoms with Crippen molar-refractivity contribution >= 4 is 22.6 Å². The zero-order valence-corrected chi connectivity index (χ0v) is 21.0. The molecule has 1 N–H and O–H groups in total. The minimum atomic E-state index is 0.443. The third-order valence-corrected chi connectivity index (χ3v) is 5.77. The highest BCUT2D eigenvalue weighted by Gasteiger charge is 2.14. The number of H-pyrrole nitrogens is 1. The largest absolute Gasteiger partial charge is 0.493 e. The Morgan fingerprint density at radius 2 is 1.97 bits per heavy atom. The van der Waals surface area contributed by atoms with Crippen molar-refractivity contribution in [1.29, 1.82) is 0 Å². The first-order chi connectivity index (χ1) is 16.4. The highest BCUT2D eigenvalue weighted by Crippen LogP contribution is 2.29. The number of benzene rings is 2. The van der Waals surface area contributed by atoms with Crippen LogP contribution in [0.1, 0.15) is 30.7 Å². The number of fused-ring (bicyclic) bond motifs is 1. The highest BCUT2D eigenvalue weighted by atomic mass is 35.5. The van der Waals surface area contributed by atoms with Crippen LogP contribution < -0.4 is 4.74 Å². The van der Waals surface area contributed by atoms with Gasteiger partial charge in [-0.1, -0.05) is 31.5 Å². The second-order valence-corrected chi connectivity index (χ2v) is 9.50. The second-order valence-electron chi connectivity index (χ2n) is 9.07. The van der Waals surface area contributed by atoms with Gasteiger partial charge in [-0.15, -0.1) is 0 Å². The molecule has 0 saturated carbocycles. The summed E-state index contributed by atoms with van der Waals surface area (Å²) in [4.78, 5) is 10.4. The third kappa shape index (κ3) is 6.20. The number of rotatable bonds is 11. The van der Waals surface area contributed by atoms with Crippen LogP contribution in [0.2, 0.25) is 5.02 Å². The molecular weight excluding hydrogens is 450 g/mol. The number of halogens is 1. The van der Waals surface area contributed by atoms with Crippen molar-refractivity contribution in [3.8, 4) is 17.3 Å². The molecule has 0 saturated heterocycles. The van der Waals surface area contributed by atoms with Gasteiger partial charge in [-0.05, 0) is 61.0 Å². The van der Waals surface area contributed by atoms with Crippen molar-refractivity contribution in [2.24, 2.45) is 5.92 Å². The van der Waals surface area contributed by atoms with Gasteiger partial charge in [0.2, 0.25) is 0 Å². The third-order valence-electron chi connectivity index (χ3n) is 5.53. The van der Waals surface area contributed by atoms with E-state index in [1.54, 1.807) is 7.11 Å². The van der Waals surface area contributed by atoms with Crippen molar-refractivity contribution in [3.05, 3.63) is 70.4 Å². The van der Waals surface area contributed by atoms with Crippen molar-refractivity contribution in [3.63, 3.8) is 0 Å². The van der Waals surface area contributed by atoms with Crippen molar-refractivity contribution in [2.75, 3.05) is 33.9 Å². The standard InChI is InChI=1S/C27H32ClN3O3/c1-18(2)17-33-25-9-6-21(28)14-20(25)15-22-7-10-26(34-22)27-29-23-8-5-19(13-24(23)30-27)16-31(3)11-12-32-4/h5-10,13-14,18H,11-12,15-17H2,1-4H3,(H,29,30). The summed E-state index contributed by atoms with van der Waals surface area (Å²) in [5.74, 6) is 3.53. The van der Waals surface area contributed by atoms with Crippen LogP contribution in [0.25, 0.3) is 22.6 Å². The Balaban J connectivity index is 1.50. The number of hydrogen-bond donors (Lipinski definition) is 1. The maximum atomic E-state index is 6.25. The van der Waals surface area contributed by atoms with Crippen molar-refractivity contribution in [2.45, 2.75) is 26.8 Å². The second kappa shape index (κ2) is 11.1. The van der Waals surface area contributed by atoms with E-state index in [0.29, 0.717) is 42.2 Å². The average Bonchev–Trinajstić information content (AvgIpc) is 3.43. The Bertz CT molecular complexity index is 1230. The lowest BCUT2D eigenvalue weighted by Crippen LogP contribution is -2.22. The first kappa shape index (κ1) is 24.3. The molecule has 34 heavy (non-hydrogen) atoms. The number of ether oxygens (including phenoxy) is 2. The van der Waals surface area contributed by atoms with E-state index in [1.165, 1.54) is 5.56 Å². The highest BCUT2D eigenvalue weighted by molar-refractivity contribution is 6.30. The normalized spacial score (nSPS) is 11.7. The fraction of sp³-hybridized carbons (Fsp3) is 0.370. The molecule has 6 nitrogen and oxygen atoms in total. The fourth-order valence-corrected chi connectivity index (χ4v) is 3.98. The first-order valence-electron chi connectivity index (χ1n) is 11.6. The Morgan fingerprint density at radius 3 is 2.76 bits per heavy atom. The van der Waals surface area contributed by atoms with Crippen molar-refractivity contribution < 1.29 is 13.9 Å². The summed E-state index contributed by atoms with van der Waals surface area (Å²) < 4.78 is 17.3. The number of imidazole rings is 1. The lowest BCUT2D eigenvalue weighted by atomic mass is 10.1. The molecule has 2 aromatic heterocycles. The van der Waals surface area contributed by atoms with Gasteiger partial charge in [-0.25, -0.2) is 4.98 Å². The Labute approximate surface area is 205 Å². The van der Waals surface area contributed by atoms with Crippen LogP contribution in [0.15, 0.2) is 52.9 Å². The molecule has 0 radical (unpaired) electrons. The predicted molar refractivity (Wildman–Crippen MR) is 137 cm³/mol. The average molecular weight is 482 g/mol. The number of furan rings is 1. The molecule has 0 spiro atoms. The number of nitrogens with one attached hydrogen (secondary N) is 1. The molecule has 2 heterocycles. The van der Waals surface area contributed by atoms with Gasteiger partial charge in [0.1, 0.15) is 11.5 Å².